The molecule has 0 spiro atoms. The molecule has 3 heterocycles. The van der Waals surface area contributed by atoms with Crippen molar-refractivity contribution in [2.75, 3.05) is 36.9 Å². The Kier molecular flexibility index (Phi) is 5.25. The Morgan fingerprint density at radius 2 is 1.86 bits per heavy atom. The Hall–Kier alpha value is -2.94. The Morgan fingerprint density at radius 3 is 2.54 bits per heavy atom. The summed E-state index contributed by atoms with van der Waals surface area (Å²) in [6, 6.07) is 13.8. The van der Waals surface area contributed by atoms with Crippen molar-refractivity contribution in [3.63, 3.8) is 0 Å². The van der Waals surface area contributed by atoms with Crippen molar-refractivity contribution in [1.29, 1.82) is 0 Å². The van der Waals surface area contributed by atoms with E-state index in [4.69, 9.17) is 10.3 Å². The number of para-hydroxylation sites is 1. The number of carbonyl (C=O) groups is 1. The molecule has 0 radical (unpaired) electrons. The van der Waals surface area contributed by atoms with Crippen LogP contribution in [0.3, 0.4) is 0 Å². The van der Waals surface area contributed by atoms with Gasteiger partial charge in [0.2, 0.25) is 16.9 Å². The van der Waals surface area contributed by atoms with Gasteiger partial charge in [0.15, 0.2) is 5.76 Å². The molecule has 2 aromatic heterocycles. The Morgan fingerprint density at radius 1 is 1.11 bits per heavy atom. The lowest BCUT2D eigenvalue weighted by Gasteiger charge is -2.37. The highest BCUT2D eigenvalue weighted by Gasteiger charge is 2.27. The number of carbonyl (C=O) groups excluding carboxylic acids is 1. The minimum absolute atomic E-state index is 0.0836. The number of amides is 1. The minimum Gasteiger partial charge on any atom is -0.461 e. The van der Waals surface area contributed by atoms with Crippen molar-refractivity contribution in [2.45, 2.75) is 17.3 Å². The van der Waals surface area contributed by atoms with Crippen molar-refractivity contribution in [1.82, 2.24) is 19.8 Å². The number of thioether (sulfide) groups is 1. The Bertz CT molecular complexity index is 919. The van der Waals surface area contributed by atoms with Crippen LogP contribution in [0.2, 0.25) is 0 Å². The summed E-state index contributed by atoms with van der Waals surface area (Å²) in [6.45, 7) is 4.92. The second-order valence-corrected chi connectivity index (χ2v) is 7.87. The first-order chi connectivity index (χ1) is 13.6. The Balaban J connectivity index is 1.36. The SMILES string of the molecule is CC(Sc1nnc(-c2ccco2)n1N)C(=O)N1CCN(c2ccccc2)CC1. The van der Waals surface area contributed by atoms with Crippen molar-refractivity contribution >= 4 is 23.4 Å². The summed E-state index contributed by atoms with van der Waals surface area (Å²) in [4.78, 5) is 17.1. The lowest BCUT2D eigenvalue weighted by atomic mass is 10.2. The number of nitrogens with two attached hydrogens (primary N) is 1. The molecule has 1 fully saturated rings. The van der Waals surface area contributed by atoms with Crippen molar-refractivity contribution in [3.05, 3.63) is 48.7 Å². The monoisotopic (exact) mass is 398 g/mol. The first-order valence-corrected chi connectivity index (χ1v) is 10.0. The molecule has 1 atom stereocenters. The van der Waals surface area contributed by atoms with Gasteiger partial charge in [-0.05, 0) is 31.2 Å². The lowest BCUT2D eigenvalue weighted by molar-refractivity contribution is -0.130. The average Bonchev–Trinajstić information content (AvgIpc) is 3.38. The van der Waals surface area contributed by atoms with Gasteiger partial charge in [-0.2, -0.15) is 0 Å². The molecule has 1 unspecified atom stereocenters. The maximum atomic E-state index is 12.9. The molecule has 0 bridgehead atoms. The van der Waals surface area contributed by atoms with Crippen LogP contribution in [0.1, 0.15) is 6.92 Å². The number of hydrogen-bond donors (Lipinski definition) is 1. The molecule has 3 aromatic rings. The Labute approximate surface area is 167 Å². The van der Waals surface area contributed by atoms with Crippen LogP contribution in [-0.2, 0) is 4.79 Å². The molecule has 1 amide bonds. The highest BCUT2D eigenvalue weighted by molar-refractivity contribution is 8.00. The van der Waals surface area contributed by atoms with Crippen LogP contribution in [0.5, 0.6) is 0 Å². The van der Waals surface area contributed by atoms with Gasteiger partial charge in [-0.1, -0.05) is 30.0 Å². The molecule has 8 nitrogen and oxygen atoms in total. The van der Waals surface area contributed by atoms with Gasteiger partial charge < -0.3 is 20.1 Å². The summed E-state index contributed by atoms with van der Waals surface area (Å²) in [5, 5.41) is 8.35. The third kappa shape index (κ3) is 3.70. The number of rotatable bonds is 5. The zero-order chi connectivity index (χ0) is 19.5. The van der Waals surface area contributed by atoms with Crippen LogP contribution < -0.4 is 10.7 Å². The third-order valence-electron chi connectivity index (χ3n) is 4.75. The number of nitrogen functional groups attached to an aromatic ring is 1. The maximum Gasteiger partial charge on any atom is 0.236 e. The number of piperazine rings is 1. The van der Waals surface area contributed by atoms with E-state index >= 15 is 0 Å². The molecule has 1 saturated heterocycles. The van der Waals surface area contributed by atoms with E-state index in [1.54, 1.807) is 18.4 Å². The largest absolute Gasteiger partial charge is 0.461 e. The van der Waals surface area contributed by atoms with E-state index in [1.807, 2.05) is 30.0 Å². The zero-order valence-corrected chi connectivity index (χ0v) is 16.4. The molecular formula is C19H22N6O2S. The van der Waals surface area contributed by atoms with Crippen LogP contribution in [-0.4, -0.2) is 57.1 Å². The quantitative estimate of drug-likeness (QED) is 0.519. The van der Waals surface area contributed by atoms with Gasteiger partial charge in [-0.25, -0.2) is 4.68 Å². The molecule has 1 aliphatic heterocycles. The second kappa shape index (κ2) is 7.97. The van der Waals surface area contributed by atoms with Crippen LogP contribution in [0.25, 0.3) is 11.6 Å². The highest BCUT2D eigenvalue weighted by atomic mass is 32.2. The molecule has 4 rings (SSSR count). The summed E-state index contributed by atoms with van der Waals surface area (Å²) < 4.78 is 6.68. The van der Waals surface area contributed by atoms with E-state index in [0.29, 0.717) is 29.8 Å². The summed E-state index contributed by atoms with van der Waals surface area (Å²) in [6.07, 6.45) is 1.55. The predicted molar refractivity (Wildman–Crippen MR) is 108 cm³/mol. The number of aromatic nitrogens is 3. The molecule has 1 aromatic carbocycles. The van der Waals surface area contributed by atoms with Crippen LogP contribution in [0.15, 0.2) is 58.3 Å². The summed E-state index contributed by atoms with van der Waals surface area (Å²) >= 11 is 1.31. The van der Waals surface area contributed by atoms with E-state index in [1.165, 1.54) is 22.1 Å². The number of hydrogen-bond acceptors (Lipinski definition) is 7. The first kappa shape index (κ1) is 18.4. The molecule has 0 aliphatic carbocycles. The normalized spacial score (nSPS) is 15.6. The summed E-state index contributed by atoms with van der Waals surface area (Å²) in [5.41, 5.74) is 1.19. The van der Waals surface area contributed by atoms with Gasteiger partial charge in [-0.15, -0.1) is 10.2 Å². The van der Waals surface area contributed by atoms with Crippen molar-refractivity contribution in [3.8, 4) is 11.6 Å². The van der Waals surface area contributed by atoms with Gasteiger partial charge >= 0.3 is 0 Å². The standard InChI is InChI=1S/C19H22N6O2S/c1-14(28-19-22-21-17(25(19)20)16-8-5-13-27-16)18(26)24-11-9-23(10-12-24)15-6-3-2-4-7-15/h2-8,13-14H,9-12,20H2,1H3. The second-order valence-electron chi connectivity index (χ2n) is 6.56. The zero-order valence-electron chi connectivity index (χ0n) is 15.6. The van der Waals surface area contributed by atoms with Gasteiger partial charge in [0.25, 0.3) is 0 Å². The average molecular weight is 398 g/mol. The topological polar surface area (TPSA) is 93.4 Å². The van der Waals surface area contributed by atoms with Gasteiger partial charge in [0, 0.05) is 31.9 Å². The van der Waals surface area contributed by atoms with E-state index in [2.05, 4.69) is 27.2 Å². The lowest BCUT2D eigenvalue weighted by Crippen LogP contribution is -2.50. The van der Waals surface area contributed by atoms with E-state index in [9.17, 15) is 4.79 Å². The molecule has 9 heteroatoms. The van der Waals surface area contributed by atoms with E-state index in [-0.39, 0.29) is 11.2 Å². The van der Waals surface area contributed by atoms with Gasteiger partial charge in [-0.3, -0.25) is 4.79 Å². The van der Waals surface area contributed by atoms with E-state index < -0.39 is 0 Å². The van der Waals surface area contributed by atoms with Crippen LogP contribution >= 0.6 is 11.8 Å². The third-order valence-corrected chi connectivity index (χ3v) is 5.79. The highest BCUT2D eigenvalue weighted by Crippen LogP contribution is 2.26. The molecule has 1 aliphatic rings. The molecule has 146 valence electrons. The number of anilines is 1. The smallest absolute Gasteiger partial charge is 0.236 e. The van der Waals surface area contributed by atoms with Crippen molar-refractivity contribution < 1.29 is 9.21 Å². The van der Waals surface area contributed by atoms with Gasteiger partial charge in [0.05, 0.1) is 11.5 Å². The fraction of sp³-hybridized carbons (Fsp3) is 0.316. The fourth-order valence-corrected chi connectivity index (χ4v) is 4.07. The van der Waals surface area contributed by atoms with E-state index in [0.717, 1.165) is 13.1 Å². The van der Waals surface area contributed by atoms with Gasteiger partial charge in [0.1, 0.15) is 0 Å². The number of furan rings is 1. The molecule has 2 N–H and O–H groups in total. The van der Waals surface area contributed by atoms with Crippen LogP contribution in [0.4, 0.5) is 5.69 Å². The molecule has 28 heavy (non-hydrogen) atoms. The summed E-state index contributed by atoms with van der Waals surface area (Å²) in [5.74, 6) is 7.14. The summed E-state index contributed by atoms with van der Waals surface area (Å²) in [7, 11) is 0. The number of nitrogens with zero attached hydrogens (tertiary/aromatic N) is 5. The number of benzene rings is 1. The fourth-order valence-electron chi connectivity index (χ4n) is 3.22. The maximum absolute atomic E-state index is 12.9. The van der Waals surface area contributed by atoms with Crippen LogP contribution in [0, 0.1) is 0 Å². The minimum atomic E-state index is -0.306. The predicted octanol–water partition coefficient (Wildman–Crippen LogP) is 2.08. The molecular weight excluding hydrogens is 376 g/mol. The van der Waals surface area contributed by atoms with Crippen molar-refractivity contribution in [2.24, 2.45) is 0 Å². The molecule has 0 saturated carbocycles. The first-order valence-electron chi connectivity index (χ1n) is 9.13.